The predicted octanol–water partition coefficient (Wildman–Crippen LogP) is 6.40. The van der Waals surface area contributed by atoms with Crippen LogP contribution >= 0.6 is 0 Å². The van der Waals surface area contributed by atoms with Crippen LogP contribution in [-0.2, 0) is 18.5 Å². The molecule has 3 aromatic rings. The minimum Gasteiger partial charge on any atom is -0.507 e. The molecule has 0 unspecified atom stereocenters. The molecule has 0 aliphatic carbocycles. The normalized spacial score (nSPS) is 15.6. The molecule has 1 amide bonds. The number of amides is 1. The first-order valence-electron chi connectivity index (χ1n) is 13.8. The molecule has 2 aromatic carbocycles. The summed E-state index contributed by atoms with van der Waals surface area (Å²) in [6.07, 6.45) is 8.24. The highest BCUT2D eigenvalue weighted by Gasteiger charge is 2.25. The average molecular weight is 530 g/mol. The summed E-state index contributed by atoms with van der Waals surface area (Å²) >= 11 is 0. The van der Waals surface area contributed by atoms with E-state index < -0.39 is 5.97 Å². The molecule has 0 bridgehead atoms. The van der Waals surface area contributed by atoms with Gasteiger partial charge in [-0.25, -0.2) is 4.79 Å². The van der Waals surface area contributed by atoms with E-state index in [4.69, 9.17) is 0 Å². The number of carboxylic acid groups (broad SMARTS) is 1. The summed E-state index contributed by atoms with van der Waals surface area (Å²) in [7, 11) is 0. The highest BCUT2D eigenvalue weighted by atomic mass is 16.4. The Hall–Kier alpha value is -3.71. The van der Waals surface area contributed by atoms with Gasteiger partial charge < -0.3 is 15.1 Å². The molecule has 1 aromatic heterocycles. The number of carbonyl (C=O) groups excluding carboxylic acids is 1. The molecule has 1 aliphatic heterocycles. The Morgan fingerprint density at radius 2 is 1.67 bits per heavy atom. The van der Waals surface area contributed by atoms with Gasteiger partial charge in [0.2, 0.25) is 0 Å². The molecule has 0 saturated heterocycles. The third kappa shape index (κ3) is 7.03. The summed E-state index contributed by atoms with van der Waals surface area (Å²) in [5, 5.41) is 20.9. The van der Waals surface area contributed by atoms with Crippen LogP contribution in [0.5, 0.6) is 5.75 Å². The summed E-state index contributed by atoms with van der Waals surface area (Å²) in [4.78, 5) is 33.7. The average Bonchev–Trinajstić information content (AvgIpc) is 2.90. The van der Waals surface area contributed by atoms with Gasteiger partial charge >= 0.3 is 5.97 Å². The molecule has 0 spiro atoms. The number of pyridine rings is 1. The maximum Gasteiger partial charge on any atom is 0.335 e. The number of aromatic hydroxyl groups is 1. The van der Waals surface area contributed by atoms with Gasteiger partial charge in [0.25, 0.3) is 5.91 Å². The Labute approximate surface area is 231 Å². The van der Waals surface area contributed by atoms with Crippen molar-refractivity contribution in [3.63, 3.8) is 0 Å². The van der Waals surface area contributed by atoms with Crippen LogP contribution < -0.4 is 4.90 Å². The van der Waals surface area contributed by atoms with Gasteiger partial charge in [-0.2, -0.15) is 0 Å². The van der Waals surface area contributed by atoms with Gasteiger partial charge in [-0.3, -0.25) is 14.7 Å². The molecule has 0 atom stereocenters. The Morgan fingerprint density at radius 1 is 0.923 bits per heavy atom. The predicted molar refractivity (Wildman–Crippen MR) is 153 cm³/mol. The van der Waals surface area contributed by atoms with Crippen LogP contribution in [0.4, 0.5) is 5.69 Å². The van der Waals surface area contributed by atoms with Crippen LogP contribution in [0.3, 0.4) is 0 Å². The molecular weight excluding hydrogens is 490 g/mol. The Balaban J connectivity index is 1.75. The summed E-state index contributed by atoms with van der Waals surface area (Å²) < 4.78 is 0. The first-order chi connectivity index (χ1) is 18.6. The maximum atomic E-state index is 13.7. The van der Waals surface area contributed by atoms with Crippen molar-refractivity contribution in [1.29, 1.82) is 0 Å². The van der Waals surface area contributed by atoms with Gasteiger partial charge in [-0.05, 0) is 66.3 Å². The highest BCUT2D eigenvalue weighted by Crippen LogP contribution is 2.34. The first kappa shape index (κ1) is 28.3. The first-order valence-corrected chi connectivity index (χ1v) is 13.8. The number of hydrogen-bond donors (Lipinski definition) is 2. The van der Waals surface area contributed by atoms with E-state index in [1.807, 2.05) is 18.2 Å². The molecule has 7 heteroatoms. The number of aromatic carboxylic acids is 1. The van der Waals surface area contributed by atoms with Crippen LogP contribution in [0.2, 0.25) is 0 Å². The minimum absolute atomic E-state index is 0.147. The zero-order valence-corrected chi connectivity index (χ0v) is 23.2. The van der Waals surface area contributed by atoms with Crippen LogP contribution in [0.1, 0.15) is 90.3 Å². The Bertz CT molecular complexity index is 1300. The van der Waals surface area contributed by atoms with Crippen molar-refractivity contribution >= 4 is 17.6 Å². The third-order valence-corrected chi connectivity index (χ3v) is 7.34. The lowest BCUT2D eigenvalue weighted by atomic mass is 9.85. The number of carboxylic acids is 1. The largest absolute Gasteiger partial charge is 0.507 e. The number of phenols is 1. The molecule has 39 heavy (non-hydrogen) atoms. The van der Waals surface area contributed by atoms with Gasteiger partial charge in [-0.15, -0.1) is 0 Å². The smallest absolute Gasteiger partial charge is 0.335 e. The summed E-state index contributed by atoms with van der Waals surface area (Å²) in [5.41, 5.74) is 3.72. The zero-order chi connectivity index (χ0) is 28.0. The van der Waals surface area contributed by atoms with E-state index in [1.54, 1.807) is 47.6 Å². The van der Waals surface area contributed by atoms with E-state index in [-0.39, 0.29) is 16.9 Å². The van der Waals surface area contributed by atoms with Gasteiger partial charge in [-0.1, -0.05) is 58.2 Å². The molecule has 0 fully saturated rings. The second-order valence-corrected chi connectivity index (χ2v) is 11.4. The fourth-order valence-corrected chi connectivity index (χ4v) is 5.24. The lowest BCUT2D eigenvalue weighted by Crippen LogP contribution is -2.34. The number of anilines is 1. The fraction of sp³-hybridized carbons (Fsp3) is 0.406. The maximum absolute atomic E-state index is 13.7. The van der Waals surface area contributed by atoms with Crippen LogP contribution in [0.15, 0.2) is 60.9 Å². The van der Waals surface area contributed by atoms with E-state index >= 15 is 0 Å². The SMILES string of the molecule is CC(C)(C)c1cccc(CN2CCCCCCCN(C(=O)c3cccnc3)c3ccc(C(=O)O)cc3C2)c1O. The zero-order valence-electron chi connectivity index (χ0n) is 23.2. The standard InChI is InChI=1S/C32H39N3O4/c1-32(2,3)27-13-9-11-25(29(27)36)21-34-17-7-5-4-6-8-18-35(30(37)24-12-10-16-33-20-24)28-15-14-23(31(38)39)19-26(28)22-34/h9-16,19-20,36H,4-8,17-18,21-22H2,1-3H3,(H,38,39). The second-order valence-electron chi connectivity index (χ2n) is 11.4. The van der Waals surface area contributed by atoms with E-state index in [9.17, 15) is 19.8 Å². The summed E-state index contributed by atoms with van der Waals surface area (Å²) in [5.74, 6) is -0.841. The molecule has 0 saturated carbocycles. The minimum atomic E-state index is -1.00. The topological polar surface area (TPSA) is 94.0 Å². The third-order valence-electron chi connectivity index (χ3n) is 7.34. The Kier molecular flexibility index (Phi) is 9.02. The van der Waals surface area contributed by atoms with Crippen molar-refractivity contribution in [1.82, 2.24) is 9.88 Å². The van der Waals surface area contributed by atoms with Crippen molar-refractivity contribution in [3.8, 4) is 5.75 Å². The highest BCUT2D eigenvalue weighted by molar-refractivity contribution is 6.06. The number of fused-ring (bicyclic) bond motifs is 1. The molecule has 4 rings (SSSR count). The van der Waals surface area contributed by atoms with Crippen molar-refractivity contribution in [3.05, 3.63) is 88.7 Å². The number of hydrogen-bond acceptors (Lipinski definition) is 5. The van der Waals surface area contributed by atoms with Crippen molar-refractivity contribution < 1.29 is 19.8 Å². The lowest BCUT2D eigenvalue weighted by Gasteiger charge is -2.30. The number of carbonyl (C=O) groups is 2. The number of rotatable bonds is 4. The van der Waals surface area contributed by atoms with Crippen LogP contribution in [0.25, 0.3) is 0 Å². The number of nitrogens with zero attached hydrogens (tertiary/aromatic N) is 3. The molecule has 1 aliphatic rings. The van der Waals surface area contributed by atoms with Crippen molar-refractivity contribution in [2.24, 2.45) is 0 Å². The fourth-order valence-electron chi connectivity index (χ4n) is 5.24. The van der Waals surface area contributed by atoms with Gasteiger partial charge in [0.15, 0.2) is 0 Å². The van der Waals surface area contributed by atoms with E-state index in [2.05, 4.69) is 30.7 Å². The number of phenolic OH excluding ortho intramolecular Hbond substituents is 1. The van der Waals surface area contributed by atoms with E-state index in [0.717, 1.165) is 55.3 Å². The molecule has 0 radical (unpaired) electrons. The lowest BCUT2D eigenvalue weighted by molar-refractivity contribution is 0.0696. The number of aromatic nitrogens is 1. The van der Waals surface area contributed by atoms with Crippen molar-refractivity contribution in [2.75, 3.05) is 18.0 Å². The molecule has 206 valence electrons. The number of para-hydroxylation sites is 1. The summed E-state index contributed by atoms with van der Waals surface area (Å²) in [6.45, 7) is 8.56. The molecule has 7 nitrogen and oxygen atoms in total. The summed E-state index contributed by atoms with van der Waals surface area (Å²) in [6, 6.07) is 14.4. The van der Waals surface area contributed by atoms with Crippen LogP contribution in [0, 0.1) is 0 Å². The van der Waals surface area contributed by atoms with E-state index in [0.29, 0.717) is 36.6 Å². The van der Waals surface area contributed by atoms with Gasteiger partial charge in [0.1, 0.15) is 5.75 Å². The number of benzene rings is 2. The molecular formula is C32H39N3O4. The van der Waals surface area contributed by atoms with Crippen molar-refractivity contribution in [2.45, 2.75) is 71.4 Å². The second kappa shape index (κ2) is 12.4. The van der Waals surface area contributed by atoms with Gasteiger partial charge in [0.05, 0.1) is 11.1 Å². The molecule has 2 heterocycles. The van der Waals surface area contributed by atoms with Gasteiger partial charge in [0, 0.05) is 43.3 Å². The van der Waals surface area contributed by atoms with Crippen LogP contribution in [-0.4, -0.2) is 45.1 Å². The van der Waals surface area contributed by atoms with E-state index in [1.165, 1.54) is 0 Å². The quantitative estimate of drug-likeness (QED) is 0.406. The molecule has 2 N–H and O–H groups in total. The monoisotopic (exact) mass is 529 g/mol. The Morgan fingerprint density at radius 3 is 2.36 bits per heavy atom.